The molecule has 0 aliphatic rings. The summed E-state index contributed by atoms with van der Waals surface area (Å²) in [6, 6.07) is 4.47. The zero-order chi connectivity index (χ0) is 23.6. The van der Waals surface area contributed by atoms with Crippen molar-refractivity contribution in [2.24, 2.45) is 0 Å². The molecule has 7 heteroatoms. The van der Waals surface area contributed by atoms with E-state index in [0.29, 0.717) is 24.4 Å². The summed E-state index contributed by atoms with van der Waals surface area (Å²) < 4.78 is 10.8. The SMILES string of the molecule is CC.CCCCCCN(CCCCCC)C(=O)OC(C)c1cc(OC)ccc1[N+](=O)[O-]. The van der Waals surface area contributed by atoms with Gasteiger partial charge in [0.1, 0.15) is 11.9 Å². The van der Waals surface area contributed by atoms with Crippen LogP contribution in [0.15, 0.2) is 18.2 Å². The highest BCUT2D eigenvalue weighted by atomic mass is 16.6. The second kappa shape index (κ2) is 17.4. The minimum Gasteiger partial charge on any atom is -0.497 e. The number of hydrogen-bond donors (Lipinski definition) is 0. The molecule has 0 aromatic heterocycles. The number of nitrogens with zero attached hydrogens (tertiary/aromatic N) is 2. The number of unbranched alkanes of at least 4 members (excludes halogenated alkanes) is 6. The summed E-state index contributed by atoms with van der Waals surface area (Å²) >= 11 is 0. The zero-order valence-electron chi connectivity index (χ0n) is 20.3. The molecule has 0 aliphatic carbocycles. The zero-order valence-corrected chi connectivity index (χ0v) is 20.3. The van der Waals surface area contributed by atoms with E-state index in [1.54, 1.807) is 17.9 Å². The van der Waals surface area contributed by atoms with Crippen molar-refractivity contribution >= 4 is 11.8 Å². The molecule has 0 spiro atoms. The third-order valence-electron chi connectivity index (χ3n) is 4.97. The number of nitro groups is 1. The number of hydrogen-bond acceptors (Lipinski definition) is 5. The van der Waals surface area contributed by atoms with Crippen LogP contribution >= 0.6 is 0 Å². The van der Waals surface area contributed by atoms with Gasteiger partial charge in [-0.05, 0) is 31.9 Å². The first-order chi connectivity index (χ1) is 14.9. The molecule has 0 heterocycles. The van der Waals surface area contributed by atoms with Crippen molar-refractivity contribution in [2.75, 3.05) is 20.2 Å². The van der Waals surface area contributed by atoms with Crippen LogP contribution in [0.5, 0.6) is 5.75 Å². The molecule has 0 fully saturated rings. The van der Waals surface area contributed by atoms with Crippen molar-refractivity contribution in [1.82, 2.24) is 4.90 Å². The molecule has 0 bridgehead atoms. The first-order valence-corrected chi connectivity index (χ1v) is 11.7. The van der Waals surface area contributed by atoms with E-state index >= 15 is 0 Å². The number of ether oxygens (including phenoxy) is 2. The molecular weight excluding hydrogens is 396 g/mol. The van der Waals surface area contributed by atoms with Crippen molar-refractivity contribution in [3.05, 3.63) is 33.9 Å². The fourth-order valence-electron chi connectivity index (χ4n) is 3.19. The number of carbonyl (C=O) groups excluding carboxylic acids is 1. The largest absolute Gasteiger partial charge is 0.497 e. The van der Waals surface area contributed by atoms with E-state index in [0.717, 1.165) is 51.4 Å². The van der Waals surface area contributed by atoms with Gasteiger partial charge in [0, 0.05) is 19.2 Å². The lowest BCUT2D eigenvalue weighted by molar-refractivity contribution is -0.386. The van der Waals surface area contributed by atoms with Gasteiger partial charge in [0.15, 0.2) is 0 Å². The van der Waals surface area contributed by atoms with Crippen LogP contribution in [0.25, 0.3) is 0 Å². The smallest absolute Gasteiger partial charge is 0.410 e. The number of methoxy groups -OCH3 is 1. The summed E-state index contributed by atoms with van der Waals surface area (Å²) in [7, 11) is 1.50. The Kier molecular flexibility index (Phi) is 16.1. The summed E-state index contributed by atoms with van der Waals surface area (Å²) in [6.07, 6.45) is 7.42. The number of carbonyl (C=O) groups is 1. The van der Waals surface area contributed by atoms with Crippen LogP contribution in [0.4, 0.5) is 10.5 Å². The van der Waals surface area contributed by atoms with Crippen molar-refractivity contribution < 1.29 is 19.2 Å². The molecule has 0 saturated carbocycles. The predicted octanol–water partition coefficient (Wildman–Crippen LogP) is 7.29. The van der Waals surface area contributed by atoms with E-state index < -0.39 is 17.1 Å². The van der Waals surface area contributed by atoms with E-state index in [2.05, 4.69) is 13.8 Å². The van der Waals surface area contributed by atoms with Gasteiger partial charge in [0.05, 0.1) is 17.6 Å². The van der Waals surface area contributed by atoms with Crippen LogP contribution in [-0.4, -0.2) is 36.1 Å². The lowest BCUT2D eigenvalue weighted by Gasteiger charge is -2.24. The van der Waals surface area contributed by atoms with Crippen LogP contribution in [0.2, 0.25) is 0 Å². The molecule has 0 radical (unpaired) electrons. The third-order valence-corrected chi connectivity index (χ3v) is 4.97. The number of benzene rings is 1. The fraction of sp³-hybridized carbons (Fsp3) is 0.708. The van der Waals surface area contributed by atoms with Gasteiger partial charge in [0.2, 0.25) is 0 Å². The minimum atomic E-state index is -0.744. The Labute approximate surface area is 188 Å². The summed E-state index contributed by atoms with van der Waals surface area (Å²) in [4.78, 5) is 25.4. The molecule has 0 aliphatic heterocycles. The van der Waals surface area contributed by atoms with E-state index in [1.165, 1.54) is 19.2 Å². The Bertz CT molecular complexity index is 624. The van der Waals surface area contributed by atoms with Gasteiger partial charge < -0.3 is 14.4 Å². The molecule has 1 aromatic rings. The summed E-state index contributed by atoms with van der Waals surface area (Å²) in [5.41, 5.74) is 0.253. The molecular formula is C24H42N2O5. The summed E-state index contributed by atoms with van der Waals surface area (Å²) in [5.74, 6) is 0.490. The van der Waals surface area contributed by atoms with Gasteiger partial charge in [0.25, 0.3) is 5.69 Å². The first-order valence-electron chi connectivity index (χ1n) is 11.7. The highest BCUT2D eigenvalue weighted by molar-refractivity contribution is 5.68. The monoisotopic (exact) mass is 438 g/mol. The Morgan fingerprint density at radius 1 is 1.03 bits per heavy atom. The topological polar surface area (TPSA) is 81.9 Å². The molecule has 1 amide bonds. The van der Waals surface area contributed by atoms with Gasteiger partial charge >= 0.3 is 6.09 Å². The Balaban J connectivity index is 0.00000436. The quantitative estimate of drug-likeness (QED) is 0.173. The number of nitro benzene ring substituents is 1. The molecule has 1 unspecified atom stereocenters. The lowest BCUT2D eigenvalue weighted by Crippen LogP contribution is -2.34. The van der Waals surface area contributed by atoms with Crippen LogP contribution in [0.3, 0.4) is 0 Å². The standard InChI is InChI=1S/C22H36N2O5.C2H6/c1-5-7-9-11-15-23(16-12-10-8-6-2)22(25)29-18(3)20-17-19(28-4)13-14-21(20)24(26)27;1-2/h13-14,17-18H,5-12,15-16H2,1-4H3;1-2H3. The van der Waals surface area contributed by atoms with E-state index in [9.17, 15) is 14.9 Å². The highest BCUT2D eigenvalue weighted by Crippen LogP contribution is 2.31. The molecule has 178 valence electrons. The molecule has 1 aromatic carbocycles. The van der Waals surface area contributed by atoms with Crippen LogP contribution in [0, 0.1) is 10.1 Å². The minimum absolute atomic E-state index is 0.0801. The molecule has 0 saturated heterocycles. The maximum absolute atomic E-state index is 12.8. The van der Waals surface area contributed by atoms with E-state index in [1.807, 2.05) is 13.8 Å². The molecule has 7 nitrogen and oxygen atoms in total. The first kappa shape index (κ1) is 28.7. The maximum Gasteiger partial charge on any atom is 0.410 e. The van der Waals surface area contributed by atoms with E-state index in [-0.39, 0.29) is 5.69 Å². The van der Waals surface area contributed by atoms with Crippen LogP contribution in [0.1, 0.15) is 97.7 Å². The van der Waals surface area contributed by atoms with Crippen LogP contribution in [-0.2, 0) is 4.74 Å². The Hall–Kier alpha value is -2.31. The molecule has 31 heavy (non-hydrogen) atoms. The predicted molar refractivity (Wildman–Crippen MR) is 126 cm³/mol. The van der Waals surface area contributed by atoms with Crippen molar-refractivity contribution in [1.29, 1.82) is 0 Å². The number of rotatable bonds is 14. The molecule has 0 N–H and O–H groups in total. The summed E-state index contributed by atoms with van der Waals surface area (Å²) in [5, 5.41) is 11.4. The Morgan fingerprint density at radius 3 is 2.03 bits per heavy atom. The maximum atomic E-state index is 12.8. The van der Waals surface area contributed by atoms with Gasteiger partial charge in [-0.15, -0.1) is 0 Å². The van der Waals surface area contributed by atoms with Crippen LogP contribution < -0.4 is 4.74 Å². The highest BCUT2D eigenvalue weighted by Gasteiger charge is 2.25. The summed E-state index contributed by atoms with van der Waals surface area (Å²) in [6.45, 7) is 11.3. The second-order valence-corrected chi connectivity index (χ2v) is 7.32. The second-order valence-electron chi connectivity index (χ2n) is 7.32. The average molecular weight is 439 g/mol. The van der Waals surface area contributed by atoms with Crippen molar-refractivity contribution in [3.8, 4) is 5.75 Å². The van der Waals surface area contributed by atoms with Gasteiger partial charge in [-0.25, -0.2) is 4.79 Å². The van der Waals surface area contributed by atoms with E-state index in [4.69, 9.17) is 9.47 Å². The normalized spacial score (nSPS) is 11.2. The van der Waals surface area contributed by atoms with Gasteiger partial charge in [-0.2, -0.15) is 0 Å². The van der Waals surface area contributed by atoms with Crippen molar-refractivity contribution in [2.45, 2.75) is 92.1 Å². The number of amides is 1. The Morgan fingerprint density at radius 2 is 1.58 bits per heavy atom. The van der Waals surface area contributed by atoms with Gasteiger partial charge in [-0.1, -0.05) is 66.2 Å². The molecule has 1 atom stereocenters. The third kappa shape index (κ3) is 11.0. The molecule has 1 rings (SSSR count). The lowest BCUT2D eigenvalue weighted by atomic mass is 10.1. The fourth-order valence-corrected chi connectivity index (χ4v) is 3.19. The van der Waals surface area contributed by atoms with Crippen molar-refractivity contribution in [3.63, 3.8) is 0 Å². The average Bonchev–Trinajstić information content (AvgIpc) is 2.78. The van der Waals surface area contributed by atoms with Gasteiger partial charge in [-0.3, -0.25) is 10.1 Å².